The van der Waals surface area contributed by atoms with Crippen LogP contribution in [0.3, 0.4) is 0 Å². The van der Waals surface area contributed by atoms with E-state index in [-0.39, 0.29) is 35.6 Å². The van der Waals surface area contributed by atoms with Crippen molar-refractivity contribution in [3.05, 3.63) is 138 Å². The number of ether oxygens (including phenoxy) is 4. The van der Waals surface area contributed by atoms with Crippen LogP contribution in [-0.4, -0.2) is 63.8 Å². The van der Waals surface area contributed by atoms with E-state index in [1.807, 2.05) is 97.1 Å². The maximum Gasteiger partial charge on any atom is 1.00 e. The average Bonchev–Trinajstić information content (AvgIpc) is 3.17. The number of benzene rings is 4. The van der Waals surface area contributed by atoms with E-state index < -0.39 is 0 Å². The first-order chi connectivity index (χ1) is 23.2. The van der Waals surface area contributed by atoms with Crippen molar-refractivity contribution in [2.24, 2.45) is 0 Å². The summed E-state index contributed by atoms with van der Waals surface area (Å²) in [6.45, 7) is 12.6. The number of carbonyl (C=O) groups excluding carboxylic acids is 1. The number of aldehydes is 1. The van der Waals surface area contributed by atoms with Gasteiger partial charge in [-0.1, -0.05) is 84.9 Å². The van der Waals surface area contributed by atoms with Gasteiger partial charge in [0.2, 0.25) is 0 Å². The molecule has 9 nitrogen and oxygen atoms in total. The molecule has 2 saturated heterocycles. The van der Waals surface area contributed by atoms with E-state index in [1.165, 1.54) is 0 Å². The fourth-order valence-corrected chi connectivity index (χ4v) is 4.65. The molecule has 2 heterocycles. The zero-order valence-corrected chi connectivity index (χ0v) is 29.5. The van der Waals surface area contributed by atoms with E-state index in [1.54, 1.807) is 12.1 Å². The summed E-state index contributed by atoms with van der Waals surface area (Å²) < 4.78 is 21.8. The minimum atomic E-state index is -0.251. The maximum absolute atomic E-state index is 10.6. The first-order valence-electron chi connectivity index (χ1n) is 15.5. The molecule has 2 fully saturated rings. The molecule has 4 aromatic carbocycles. The molecular formula is C38H41N4NaO5. The minimum absolute atomic E-state index is 0. The summed E-state index contributed by atoms with van der Waals surface area (Å²) in [5.74, 6) is 1.51. The number of nitriles is 1. The molecule has 0 radical (unpaired) electrons. The van der Waals surface area contributed by atoms with Crippen LogP contribution in [0.2, 0.25) is 0 Å². The fraction of sp³-hybridized carbons (Fsp3) is 0.289. The number of hydrogen-bond donors (Lipinski definition) is 1. The third-order valence-electron chi connectivity index (χ3n) is 7.04. The average molecular weight is 657 g/mol. The van der Waals surface area contributed by atoms with Gasteiger partial charge in [0.15, 0.2) is 0 Å². The van der Waals surface area contributed by atoms with Gasteiger partial charge in [0.05, 0.1) is 32.5 Å². The summed E-state index contributed by atoms with van der Waals surface area (Å²) in [6, 6.07) is 37.1. The van der Waals surface area contributed by atoms with Crippen LogP contribution in [-0.2, 0) is 22.7 Å². The molecule has 0 aromatic heterocycles. The van der Waals surface area contributed by atoms with Gasteiger partial charge in [-0.15, -0.1) is 0 Å². The Morgan fingerprint density at radius 3 is 1.75 bits per heavy atom. The Labute approximate surface area is 306 Å². The summed E-state index contributed by atoms with van der Waals surface area (Å²) in [6.07, 6.45) is 0.815. The molecule has 10 heteroatoms. The van der Waals surface area contributed by atoms with Crippen molar-refractivity contribution in [2.45, 2.75) is 19.3 Å². The third kappa shape index (κ3) is 15.2. The van der Waals surface area contributed by atoms with Crippen LogP contribution in [0.1, 0.15) is 33.1 Å². The number of nitrogens with one attached hydrogen (secondary N) is 1. The van der Waals surface area contributed by atoms with Crippen molar-refractivity contribution in [3.8, 4) is 17.6 Å². The minimum Gasteiger partial charge on any atom is -0.512 e. The predicted octanol–water partition coefficient (Wildman–Crippen LogP) is 2.95. The second-order valence-corrected chi connectivity index (χ2v) is 10.4. The molecule has 1 unspecified atom stereocenters. The molecule has 4 aromatic rings. The molecule has 2 aliphatic heterocycles. The van der Waals surface area contributed by atoms with Gasteiger partial charge < -0.3 is 36.1 Å². The quantitative estimate of drug-likeness (QED) is 0.165. The van der Waals surface area contributed by atoms with Gasteiger partial charge in [-0.2, -0.15) is 5.26 Å². The summed E-state index contributed by atoms with van der Waals surface area (Å²) in [7, 11) is 0. The van der Waals surface area contributed by atoms with Gasteiger partial charge >= 0.3 is 29.6 Å². The molecular weight excluding hydrogens is 615 g/mol. The molecule has 0 saturated carbocycles. The molecule has 244 valence electrons. The Hall–Kier alpha value is -4.03. The molecule has 0 aliphatic carbocycles. The summed E-state index contributed by atoms with van der Waals surface area (Å²) in [5, 5.41) is 19.0. The van der Waals surface area contributed by atoms with Crippen molar-refractivity contribution in [1.29, 1.82) is 10.5 Å². The van der Waals surface area contributed by atoms with E-state index in [0.717, 1.165) is 68.1 Å². The largest absolute Gasteiger partial charge is 1.00 e. The van der Waals surface area contributed by atoms with Crippen LogP contribution >= 0.6 is 0 Å². The maximum atomic E-state index is 10.6. The Balaban J connectivity index is 0.000000277. The second kappa shape index (κ2) is 25.0. The SMILES string of the molecule is C1COCCN1.N#CC(c1cccc(OCc2ccccc2)c1)N1CCOCC1.O=Cc1cccc(OCc2ccccc2)c1.[C-]#N.[Na+]. The van der Waals surface area contributed by atoms with Crippen molar-refractivity contribution in [2.75, 3.05) is 52.6 Å². The smallest absolute Gasteiger partial charge is 0.512 e. The zero-order valence-electron chi connectivity index (χ0n) is 27.5. The van der Waals surface area contributed by atoms with Crippen molar-refractivity contribution in [1.82, 2.24) is 10.2 Å². The van der Waals surface area contributed by atoms with E-state index in [2.05, 4.69) is 16.3 Å². The van der Waals surface area contributed by atoms with E-state index in [9.17, 15) is 10.1 Å². The molecule has 0 spiro atoms. The van der Waals surface area contributed by atoms with Gasteiger partial charge in [-0.25, -0.2) is 0 Å². The van der Waals surface area contributed by atoms with Crippen LogP contribution in [0.5, 0.6) is 11.5 Å². The molecule has 1 N–H and O–H groups in total. The van der Waals surface area contributed by atoms with E-state index >= 15 is 0 Å². The van der Waals surface area contributed by atoms with Crippen molar-refractivity contribution < 1.29 is 53.3 Å². The predicted molar refractivity (Wildman–Crippen MR) is 179 cm³/mol. The van der Waals surface area contributed by atoms with Crippen LogP contribution in [0.25, 0.3) is 0 Å². The molecule has 2 aliphatic rings. The Morgan fingerprint density at radius 1 is 0.750 bits per heavy atom. The fourth-order valence-electron chi connectivity index (χ4n) is 4.65. The zero-order chi connectivity index (χ0) is 33.4. The summed E-state index contributed by atoms with van der Waals surface area (Å²) in [4.78, 5) is 12.7. The summed E-state index contributed by atoms with van der Waals surface area (Å²) >= 11 is 0. The normalized spacial score (nSPS) is 14.2. The number of hydrogen-bond acceptors (Lipinski definition) is 9. The van der Waals surface area contributed by atoms with Crippen LogP contribution in [0.15, 0.2) is 109 Å². The Morgan fingerprint density at radius 2 is 1.27 bits per heavy atom. The van der Waals surface area contributed by atoms with Gasteiger partial charge in [0, 0.05) is 31.7 Å². The van der Waals surface area contributed by atoms with E-state index in [4.69, 9.17) is 30.8 Å². The van der Waals surface area contributed by atoms with Gasteiger partial charge in [0.1, 0.15) is 37.0 Å². The number of carbonyl (C=O) groups is 1. The first kappa shape index (κ1) is 40.1. The third-order valence-corrected chi connectivity index (χ3v) is 7.04. The van der Waals surface area contributed by atoms with Crippen LogP contribution in [0, 0.1) is 23.2 Å². The molecule has 0 bridgehead atoms. The van der Waals surface area contributed by atoms with Crippen molar-refractivity contribution in [3.63, 3.8) is 0 Å². The molecule has 48 heavy (non-hydrogen) atoms. The monoisotopic (exact) mass is 656 g/mol. The van der Waals surface area contributed by atoms with Crippen LogP contribution < -0.4 is 44.3 Å². The van der Waals surface area contributed by atoms with Crippen molar-refractivity contribution >= 4 is 6.29 Å². The number of rotatable bonds is 9. The second-order valence-electron chi connectivity index (χ2n) is 10.4. The van der Waals surface area contributed by atoms with E-state index in [0.29, 0.717) is 37.7 Å². The molecule has 0 amide bonds. The summed E-state index contributed by atoms with van der Waals surface area (Å²) in [5.41, 5.74) is 3.84. The van der Waals surface area contributed by atoms with Crippen LogP contribution in [0.4, 0.5) is 0 Å². The topological polar surface area (TPSA) is 117 Å². The van der Waals surface area contributed by atoms with Gasteiger partial charge in [-0.05, 0) is 41.0 Å². The number of morpholine rings is 2. The molecule has 1 atom stereocenters. The number of nitrogens with zero attached hydrogens (tertiary/aromatic N) is 3. The van der Waals surface area contributed by atoms with Gasteiger partial charge in [0.25, 0.3) is 0 Å². The Kier molecular flexibility index (Phi) is 21.0. The Bertz CT molecular complexity index is 1480. The van der Waals surface area contributed by atoms with Gasteiger partial charge in [-0.3, -0.25) is 9.69 Å². The first-order valence-corrected chi connectivity index (χ1v) is 15.5. The standard InChI is InChI=1S/C19H20N2O2.C14H12O2.C4H9NO.CN.Na/c20-14-19(21-9-11-22-12-10-21)17-7-4-8-18(13-17)23-15-16-5-2-1-3-6-16;15-10-13-7-4-8-14(9-13)16-11-12-5-2-1-3-6-12;1-3-6-4-2-5-1;1-2;/h1-8,13,19H,9-12,15H2;1-10H,11H2;5H,1-4H2;;/q;;;-1;+1. The molecule has 6 rings (SSSR count).